The third-order valence-electron chi connectivity index (χ3n) is 2.98. The number of anilines is 1. The molecule has 0 atom stereocenters. The summed E-state index contributed by atoms with van der Waals surface area (Å²) in [5, 5.41) is 8.94. The molecule has 2 amide bonds. The summed E-state index contributed by atoms with van der Waals surface area (Å²) in [6, 6.07) is 8.98. The molecule has 0 saturated carbocycles. The molecule has 0 fully saturated rings. The third kappa shape index (κ3) is 5.30. The fourth-order valence-corrected chi connectivity index (χ4v) is 1.96. The number of rotatable bonds is 8. The van der Waals surface area contributed by atoms with Crippen LogP contribution in [0.25, 0.3) is 0 Å². The second-order valence-electron chi connectivity index (χ2n) is 4.69. The molecular weight excluding hydrogens is 268 g/mol. The highest BCUT2D eigenvalue weighted by molar-refractivity contribution is 5.93. The number of hydrogen-bond donors (Lipinski definition) is 1. The lowest BCUT2D eigenvalue weighted by atomic mass is 10.2. The average molecular weight is 290 g/mol. The van der Waals surface area contributed by atoms with Crippen LogP contribution >= 0.6 is 0 Å². The minimum atomic E-state index is -1.03. The molecule has 1 N–H and O–H groups in total. The Kier molecular flexibility index (Phi) is 7.01. The molecule has 0 heterocycles. The van der Waals surface area contributed by atoms with Crippen molar-refractivity contribution in [1.29, 1.82) is 0 Å². The number of para-hydroxylation sites is 1. The second kappa shape index (κ2) is 8.79. The molecule has 5 nitrogen and oxygen atoms in total. The summed E-state index contributed by atoms with van der Waals surface area (Å²) in [7, 11) is 0. The Morgan fingerprint density at radius 2 is 1.95 bits per heavy atom. The van der Waals surface area contributed by atoms with E-state index in [4.69, 9.17) is 5.11 Å². The van der Waals surface area contributed by atoms with Crippen molar-refractivity contribution in [1.82, 2.24) is 4.90 Å². The van der Waals surface area contributed by atoms with Gasteiger partial charge in [-0.15, -0.1) is 6.58 Å². The Morgan fingerprint density at radius 3 is 2.48 bits per heavy atom. The van der Waals surface area contributed by atoms with E-state index in [-0.39, 0.29) is 19.1 Å². The monoisotopic (exact) mass is 290 g/mol. The van der Waals surface area contributed by atoms with Crippen LogP contribution in [0.5, 0.6) is 0 Å². The highest BCUT2D eigenvalue weighted by atomic mass is 16.4. The summed E-state index contributed by atoms with van der Waals surface area (Å²) >= 11 is 0. The SMILES string of the molecule is C=CCN(CC(=O)O)C(=O)N(CCCC)c1ccccc1. The molecule has 0 unspecified atom stereocenters. The van der Waals surface area contributed by atoms with Crippen LogP contribution in [0.15, 0.2) is 43.0 Å². The van der Waals surface area contributed by atoms with Gasteiger partial charge in [-0.1, -0.05) is 37.6 Å². The Morgan fingerprint density at radius 1 is 1.29 bits per heavy atom. The Labute approximate surface area is 125 Å². The number of nitrogens with zero attached hydrogens (tertiary/aromatic N) is 2. The standard InChI is InChI=1S/C16H22N2O3/c1-3-5-12-18(14-9-7-6-8-10-14)16(21)17(11-4-2)13-15(19)20/h4,6-10H,2-3,5,11-13H2,1H3,(H,19,20). The van der Waals surface area contributed by atoms with Gasteiger partial charge in [0.15, 0.2) is 0 Å². The number of amides is 2. The highest BCUT2D eigenvalue weighted by Crippen LogP contribution is 2.16. The average Bonchev–Trinajstić information content (AvgIpc) is 2.47. The minimum absolute atomic E-state index is 0.209. The van der Waals surface area contributed by atoms with Crippen LogP contribution in [-0.4, -0.2) is 41.6 Å². The van der Waals surface area contributed by atoms with Gasteiger partial charge in [-0.3, -0.25) is 9.69 Å². The van der Waals surface area contributed by atoms with Gasteiger partial charge in [0.1, 0.15) is 6.54 Å². The molecule has 0 aromatic heterocycles. The third-order valence-corrected chi connectivity index (χ3v) is 2.98. The molecule has 0 aliphatic rings. The molecule has 5 heteroatoms. The molecular formula is C16H22N2O3. The number of carboxylic acid groups (broad SMARTS) is 1. The fourth-order valence-electron chi connectivity index (χ4n) is 1.96. The summed E-state index contributed by atoms with van der Waals surface area (Å²) in [5.74, 6) is -1.03. The van der Waals surface area contributed by atoms with E-state index in [0.29, 0.717) is 6.54 Å². The molecule has 0 spiro atoms. The van der Waals surface area contributed by atoms with E-state index >= 15 is 0 Å². The van der Waals surface area contributed by atoms with E-state index in [0.717, 1.165) is 18.5 Å². The maximum Gasteiger partial charge on any atom is 0.325 e. The summed E-state index contributed by atoms with van der Waals surface area (Å²) < 4.78 is 0. The maximum absolute atomic E-state index is 12.6. The number of aliphatic carboxylic acids is 1. The topological polar surface area (TPSA) is 60.9 Å². The van der Waals surface area contributed by atoms with E-state index in [1.807, 2.05) is 37.3 Å². The van der Waals surface area contributed by atoms with Crippen molar-refractivity contribution in [3.05, 3.63) is 43.0 Å². The summed E-state index contributed by atoms with van der Waals surface area (Å²) in [6.07, 6.45) is 3.34. The Bertz CT molecular complexity index is 474. The van der Waals surface area contributed by atoms with Gasteiger partial charge in [0.05, 0.1) is 0 Å². The molecule has 1 aromatic carbocycles. The molecule has 1 aromatic rings. The molecule has 0 bridgehead atoms. The second-order valence-corrected chi connectivity index (χ2v) is 4.69. The van der Waals surface area contributed by atoms with Gasteiger partial charge in [0, 0.05) is 18.8 Å². The largest absolute Gasteiger partial charge is 0.480 e. The lowest BCUT2D eigenvalue weighted by Crippen LogP contribution is -2.46. The zero-order valence-electron chi connectivity index (χ0n) is 12.4. The maximum atomic E-state index is 12.6. The predicted molar refractivity (Wildman–Crippen MR) is 83.5 cm³/mol. The zero-order chi connectivity index (χ0) is 15.7. The first-order chi connectivity index (χ1) is 10.1. The highest BCUT2D eigenvalue weighted by Gasteiger charge is 2.22. The van der Waals surface area contributed by atoms with Crippen molar-refractivity contribution in [3.8, 4) is 0 Å². The van der Waals surface area contributed by atoms with E-state index < -0.39 is 5.97 Å². The van der Waals surface area contributed by atoms with Gasteiger partial charge < -0.3 is 10.0 Å². The number of carbonyl (C=O) groups excluding carboxylic acids is 1. The van der Waals surface area contributed by atoms with Crippen LogP contribution in [0.1, 0.15) is 19.8 Å². The fraction of sp³-hybridized carbons (Fsp3) is 0.375. The number of unbranched alkanes of at least 4 members (excludes halogenated alkanes) is 1. The minimum Gasteiger partial charge on any atom is -0.480 e. The molecule has 1 rings (SSSR count). The van der Waals surface area contributed by atoms with Crippen LogP contribution in [0.3, 0.4) is 0 Å². The summed E-state index contributed by atoms with van der Waals surface area (Å²) in [6.45, 7) is 6.07. The lowest BCUT2D eigenvalue weighted by Gasteiger charge is -2.29. The summed E-state index contributed by atoms with van der Waals surface area (Å²) in [4.78, 5) is 26.4. The first kappa shape index (κ1) is 16.8. The first-order valence-corrected chi connectivity index (χ1v) is 7.04. The predicted octanol–water partition coefficient (Wildman–Crippen LogP) is 2.99. The molecule has 0 radical (unpaired) electrons. The van der Waals surface area contributed by atoms with Crippen LogP contribution in [0.4, 0.5) is 10.5 Å². The van der Waals surface area contributed by atoms with Crippen LogP contribution < -0.4 is 4.90 Å². The van der Waals surface area contributed by atoms with E-state index in [2.05, 4.69) is 6.58 Å². The van der Waals surface area contributed by atoms with Crippen molar-refractivity contribution in [2.45, 2.75) is 19.8 Å². The number of benzene rings is 1. The molecule has 0 aliphatic heterocycles. The molecule has 0 saturated heterocycles. The smallest absolute Gasteiger partial charge is 0.325 e. The van der Waals surface area contributed by atoms with Crippen molar-refractivity contribution >= 4 is 17.7 Å². The normalized spacial score (nSPS) is 9.95. The van der Waals surface area contributed by atoms with Crippen molar-refractivity contribution in [2.75, 3.05) is 24.5 Å². The van der Waals surface area contributed by atoms with Crippen LogP contribution in [-0.2, 0) is 4.79 Å². The molecule has 114 valence electrons. The number of carboxylic acids is 1. The Balaban J connectivity index is 2.96. The summed E-state index contributed by atoms with van der Waals surface area (Å²) in [5.41, 5.74) is 0.774. The van der Waals surface area contributed by atoms with Crippen molar-refractivity contribution < 1.29 is 14.7 Å². The molecule has 21 heavy (non-hydrogen) atoms. The van der Waals surface area contributed by atoms with E-state index in [1.165, 1.54) is 11.0 Å². The quantitative estimate of drug-likeness (QED) is 0.749. The van der Waals surface area contributed by atoms with E-state index in [1.54, 1.807) is 4.90 Å². The van der Waals surface area contributed by atoms with Crippen molar-refractivity contribution in [2.24, 2.45) is 0 Å². The van der Waals surface area contributed by atoms with Gasteiger partial charge >= 0.3 is 12.0 Å². The Hall–Kier alpha value is -2.30. The number of urea groups is 1. The van der Waals surface area contributed by atoms with Crippen LogP contribution in [0, 0.1) is 0 Å². The zero-order valence-corrected chi connectivity index (χ0v) is 12.4. The van der Waals surface area contributed by atoms with Gasteiger partial charge in [0.2, 0.25) is 0 Å². The van der Waals surface area contributed by atoms with Crippen molar-refractivity contribution in [3.63, 3.8) is 0 Å². The van der Waals surface area contributed by atoms with Gasteiger partial charge in [-0.05, 0) is 18.6 Å². The van der Waals surface area contributed by atoms with E-state index in [9.17, 15) is 9.59 Å². The van der Waals surface area contributed by atoms with Gasteiger partial charge in [-0.2, -0.15) is 0 Å². The molecule has 0 aliphatic carbocycles. The van der Waals surface area contributed by atoms with Gasteiger partial charge in [-0.25, -0.2) is 4.79 Å². The number of hydrogen-bond acceptors (Lipinski definition) is 2. The number of carbonyl (C=O) groups is 2. The van der Waals surface area contributed by atoms with Crippen LogP contribution in [0.2, 0.25) is 0 Å². The van der Waals surface area contributed by atoms with Gasteiger partial charge in [0.25, 0.3) is 0 Å². The first-order valence-electron chi connectivity index (χ1n) is 7.04. The lowest BCUT2D eigenvalue weighted by molar-refractivity contribution is -0.137.